The van der Waals surface area contributed by atoms with E-state index in [1.165, 1.54) is 11.8 Å². The summed E-state index contributed by atoms with van der Waals surface area (Å²) in [5.74, 6) is -2.45. The number of aliphatic hydroxyl groups excluding tert-OH is 1. The van der Waals surface area contributed by atoms with Gasteiger partial charge < -0.3 is 31.8 Å². The molecule has 4 heterocycles. The summed E-state index contributed by atoms with van der Waals surface area (Å²) in [5, 5.41) is 24.3. The van der Waals surface area contributed by atoms with E-state index in [1.54, 1.807) is 21.6 Å². The molecule has 2 aliphatic rings. The fourth-order valence-electron chi connectivity index (χ4n) is 3.78. The Morgan fingerprint density at radius 2 is 2.19 bits per heavy atom. The summed E-state index contributed by atoms with van der Waals surface area (Å²) in [5.41, 5.74) is 11.2. The normalized spacial score (nSPS) is 19.7. The van der Waals surface area contributed by atoms with Crippen molar-refractivity contribution in [1.29, 1.82) is 0 Å². The number of nitrogens with two attached hydrogens (primary N) is 2. The number of hydrogen-bond acceptors (Lipinski definition) is 12. The lowest BCUT2D eigenvalue weighted by Crippen LogP contribution is -2.71. The minimum absolute atomic E-state index is 0.0352. The Bertz CT molecular complexity index is 1260. The van der Waals surface area contributed by atoms with Gasteiger partial charge in [-0.05, 0) is 0 Å². The van der Waals surface area contributed by atoms with Crippen LogP contribution in [0.2, 0.25) is 0 Å². The van der Waals surface area contributed by atoms with Crippen molar-refractivity contribution in [2.45, 2.75) is 24.5 Å². The molecule has 0 spiro atoms. The van der Waals surface area contributed by atoms with E-state index in [0.717, 1.165) is 16.4 Å². The number of thioether (sulfide) groups is 1. The number of alkyl halides is 1. The molecule has 1 fully saturated rings. The number of hydrogen-bond donors (Lipinski definition) is 5. The van der Waals surface area contributed by atoms with Crippen molar-refractivity contribution < 1.29 is 38.5 Å². The van der Waals surface area contributed by atoms with E-state index >= 15 is 0 Å². The number of amides is 2. The summed E-state index contributed by atoms with van der Waals surface area (Å²) >= 11 is 2.04. The highest BCUT2D eigenvalue weighted by Gasteiger charge is 2.55. The molecule has 1 saturated heterocycles. The number of nitrogens with one attached hydrogen (secondary N) is 1. The molecule has 192 valence electrons. The molecule has 15 nitrogen and oxygen atoms in total. The van der Waals surface area contributed by atoms with Crippen molar-refractivity contribution in [3.63, 3.8) is 0 Å². The number of carboxylic acid groups (broad SMARTS) is 1. The van der Waals surface area contributed by atoms with E-state index in [0.29, 0.717) is 11.4 Å². The van der Waals surface area contributed by atoms with E-state index in [1.807, 2.05) is 0 Å². The number of anilines is 2. The Balaban J connectivity index is 1.54. The topological polar surface area (TPSA) is 215 Å². The number of rotatable bonds is 10. The van der Waals surface area contributed by atoms with Crippen molar-refractivity contribution in [3.8, 4) is 0 Å². The molecular weight excluding hydrogens is 521 g/mol. The average Bonchev–Trinajstić information content (AvgIpc) is 3.43. The summed E-state index contributed by atoms with van der Waals surface area (Å²) in [7, 11) is 0. The molecule has 2 aromatic heterocycles. The van der Waals surface area contributed by atoms with Gasteiger partial charge in [0.1, 0.15) is 23.7 Å². The minimum atomic E-state index is -1.31. The number of oxime groups is 1. The van der Waals surface area contributed by atoms with Crippen molar-refractivity contribution in [3.05, 3.63) is 29.4 Å². The van der Waals surface area contributed by atoms with Crippen molar-refractivity contribution in [2.24, 2.45) is 5.16 Å². The third-order valence-corrected chi connectivity index (χ3v) is 7.18. The second-order valence-corrected chi connectivity index (χ2v) is 9.33. The predicted molar refractivity (Wildman–Crippen MR) is 124 cm³/mol. The van der Waals surface area contributed by atoms with Crippen molar-refractivity contribution >= 4 is 57.7 Å². The van der Waals surface area contributed by atoms with Crippen LogP contribution in [0.3, 0.4) is 0 Å². The molecule has 0 aromatic carbocycles. The van der Waals surface area contributed by atoms with E-state index in [9.17, 15) is 29.0 Å². The average molecular weight is 543 g/mol. The van der Waals surface area contributed by atoms with E-state index in [4.69, 9.17) is 11.5 Å². The number of aromatic nitrogens is 4. The van der Waals surface area contributed by atoms with Gasteiger partial charge in [0.15, 0.2) is 23.7 Å². The Kier molecular flexibility index (Phi) is 7.36. The molecule has 2 aliphatic heterocycles. The SMILES string of the molecule is Nc1nc(C(=NOCF)C(=O)N[C@@H]2C(=O)N3C(C(=O)O)=C(C[n+]4ccc(N)n4CCO)CS[C@H]23)ns1. The fraction of sp³-hybridized carbons (Fsp3) is 0.389. The third kappa shape index (κ3) is 4.69. The van der Waals surface area contributed by atoms with E-state index < -0.39 is 41.8 Å². The van der Waals surface area contributed by atoms with Crippen LogP contribution < -0.4 is 21.5 Å². The summed E-state index contributed by atoms with van der Waals surface area (Å²) in [6, 6.07) is 0.540. The number of fused-ring (bicyclic) bond motifs is 1. The summed E-state index contributed by atoms with van der Waals surface area (Å²) in [4.78, 5) is 47.1. The summed E-state index contributed by atoms with van der Waals surface area (Å²) in [6.45, 7) is -1.16. The van der Waals surface area contributed by atoms with Crippen LogP contribution in [0.25, 0.3) is 0 Å². The number of carbonyl (C=O) groups excluding carboxylic acids is 2. The molecule has 0 unspecified atom stereocenters. The predicted octanol–water partition coefficient (Wildman–Crippen LogP) is -2.13. The molecule has 0 radical (unpaired) electrons. The van der Waals surface area contributed by atoms with Crippen LogP contribution in [0.1, 0.15) is 5.82 Å². The maximum atomic E-state index is 13.0. The van der Waals surface area contributed by atoms with Gasteiger partial charge in [-0.2, -0.15) is 9.36 Å². The van der Waals surface area contributed by atoms with Crippen LogP contribution in [0.15, 0.2) is 28.7 Å². The zero-order valence-corrected chi connectivity index (χ0v) is 20.0. The minimum Gasteiger partial charge on any atom is -0.477 e. The number of carboxylic acids is 1. The van der Waals surface area contributed by atoms with Crippen LogP contribution in [0.4, 0.5) is 15.3 Å². The zero-order chi connectivity index (χ0) is 26.0. The Morgan fingerprint density at radius 3 is 2.83 bits per heavy atom. The summed E-state index contributed by atoms with van der Waals surface area (Å²) in [6.07, 6.45) is 1.65. The maximum absolute atomic E-state index is 13.0. The molecule has 0 bridgehead atoms. The zero-order valence-electron chi connectivity index (χ0n) is 18.4. The largest absolute Gasteiger partial charge is 0.477 e. The number of halogens is 1. The highest BCUT2D eigenvalue weighted by Crippen LogP contribution is 2.40. The Morgan fingerprint density at radius 1 is 1.42 bits per heavy atom. The number of carbonyl (C=O) groups is 3. The molecule has 0 saturated carbocycles. The smallest absolute Gasteiger partial charge is 0.352 e. The Hall–Kier alpha value is -3.77. The van der Waals surface area contributed by atoms with Gasteiger partial charge >= 0.3 is 5.97 Å². The number of aliphatic carboxylic acids is 1. The Labute approximate surface area is 210 Å². The second-order valence-electron chi connectivity index (χ2n) is 7.44. The lowest BCUT2D eigenvalue weighted by molar-refractivity contribution is -0.767. The first-order valence-electron chi connectivity index (χ1n) is 10.3. The highest BCUT2D eigenvalue weighted by atomic mass is 32.2. The van der Waals surface area contributed by atoms with Gasteiger partial charge in [0.25, 0.3) is 18.7 Å². The fourth-order valence-corrected chi connectivity index (χ4v) is 5.55. The molecule has 7 N–H and O–H groups in total. The van der Waals surface area contributed by atoms with Gasteiger partial charge in [0.2, 0.25) is 11.5 Å². The van der Waals surface area contributed by atoms with E-state index in [-0.39, 0.29) is 42.1 Å². The third-order valence-electron chi connectivity index (χ3n) is 5.30. The van der Waals surface area contributed by atoms with E-state index in [2.05, 4.69) is 24.7 Å². The van der Waals surface area contributed by atoms with Crippen LogP contribution in [0.5, 0.6) is 0 Å². The van der Waals surface area contributed by atoms with Gasteiger partial charge in [0, 0.05) is 22.9 Å². The molecule has 2 aromatic rings. The highest BCUT2D eigenvalue weighted by molar-refractivity contribution is 8.00. The first-order valence-corrected chi connectivity index (χ1v) is 12.1. The molecular formula is C18H21FN9O6S2+. The number of nitrogens with zero attached hydrogens (tertiary/aromatic N) is 6. The number of aliphatic hydroxyl groups is 1. The first kappa shape index (κ1) is 25.3. The quantitative estimate of drug-likeness (QED) is 0.0946. The molecule has 2 amide bonds. The van der Waals surface area contributed by atoms with Crippen LogP contribution in [0, 0.1) is 0 Å². The lowest BCUT2D eigenvalue weighted by Gasteiger charge is -2.49. The van der Waals surface area contributed by atoms with Crippen molar-refractivity contribution in [2.75, 3.05) is 30.7 Å². The molecule has 0 aliphatic carbocycles. The van der Waals surface area contributed by atoms with Gasteiger partial charge in [-0.15, -0.1) is 21.1 Å². The monoisotopic (exact) mass is 542 g/mol. The van der Waals surface area contributed by atoms with Gasteiger partial charge in [-0.1, -0.05) is 5.16 Å². The van der Waals surface area contributed by atoms with Crippen LogP contribution in [-0.4, -0.2) is 83.3 Å². The molecule has 18 heteroatoms. The standard InChI is InChI=1S/C18H20FN9O6S2/c19-7-34-24-10(13-23-18(21)36-25-13)14(30)22-11-15(31)28-12(17(32)33)8(6-35-16(11)28)5-26-2-1-9(20)27(26)3-4-29/h1-2,11,16,20,29H,3-7H2,(H4,21,22,23,25,30,32,33)/p+1/t11-,16-/m1/s1. The lowest BCUT2D eigenvalue weighted by atomic mass is 10.0. The first-order chi connectivity index (χ1) is 17.3. The molecule has 36 heavy (non-hydrogen) atoms. The van der Waals surface area contributed by atoms with Crippen molar-refractivity contribution in [1.82, 2.24) is 24.3 Å². The van der Waals surface area contributed by atoms with Gasteiger partial charge in [0.05, 0.1) is 12.7 Å². The number of β-lactam (4-membered cyclic amide) rings is 1. The molecule has 4 rings (SSSR count). The number of nitrogen functional groups attached to an aromatic ring is 2. The maximum Gasteiger partial charge on any atom is 0.352 e. The van der Waals surface area contributed by atoms with Gasteiger partial charge in [-0.25, -0.2) is 9.18 Å². The summed E-state index contributed by atoms with van der Waals surface area (Å²) < 4.78 is 19.6. The van der Waals surface area contributed by atoms with Crippen LogP contribution in [-0.2, 0) is 32.3 Å². The second kappa shape index (κ2) is 10.5. The molecule has 2 atom stereocenters. The van der Waals surface area contributed by atoms with Crippen LogP contribution >= 0.6 is 23.3 Å². The van der Waals surface area contributed by atoms with Gasteiger partial charge in [-0.3, -0.25) is 14.5 Å².